The number of aromatic nitrogens is 1. The summed E-state index contributed by atoms with van der Waals surface area (Å²) < 4.78 is 42.5. The molecule has 31 heavy (non-hydrogen) atoms. The average molecular weight is 458 g/mol. The molecular formula is C23H17ClFNO4S. The van der Waals surface area contributed by atoms with Crippen LogP contribution < -0.4 is 0 Å². The van der Waals surface area contributed by atoms with E-state index in [2.05, 4.69) is 0 Å². The predicted molar refractivity (Wildman–Crippen MR) is 117 cm³/mol. The molecule has 1 heterocycles. The van der Waals surface area contributed by atoms with Crippen molar-refractivity contribution in [2.75, 3.05) is 0 Å². The van der Waals surface area contributed by atoms with Gasteiger partial charge in [0.25, 0.3) is 10.0 Å². The molecule has 0 saturated heterocycles. The molecule has 0 saturated carbocycles. The lowest BCUT2D eigenvalue weighted by Crippen LogP contribution is -2.14. The van der Waals surface area contributed by atoms with Crippen LogP contribution in [0, 0.1) is 5.82 Å². The van der Waals surface area contributed by atoms with Crippen molar-refractivity contribution in [1.82, 2.24) is 3.97 Å². The number of hydrogen-bond acceptors (Lipinski definition) is 3. The third-order valence-electron chi connectivity index (χ3n) is 4.99. The standard InChI is InChI=1S/C23H17ClFNO4S/c24-20-8-4-7-18(15-5-2-1-3-6-15)23(20)31(29,30)26-14-16(9-12-22(27)28)19-13-17(25)10-11-21(19)26/h1-8,10-11,13-14H,9,12H2,(H,27,28). The number of carboxylic acid groups (broad SMARTS) is 1. The highest BCUT2D eigenvalue weighted by atomic mass is 35.5. The van der Waals surface area contributed by atoms with Gasteiger partial charge in [-0.3, -0.25) is 4.79 Å². The maximum absolute atomic E-state index is 13.9. The summed E-state index contributed by atoms with van der Waals surface area (Å²) in [6, 6.07) is 17.6. The maximum atomic E-state index is 13.9. The van der Waals surface area contributed by atoms with Gasteiger partial charge in [-0.05, 0) is 41.8 Å². The van der Waals surface area contributed by atoms with Gasteiger partial charge in [-0.2, -0.15) is 0 Å². The van der Waals surface area contributed by atoms with Gasteiger partial charge in [0.05, 0.1) is 10.5 Å². The number of benzene rings is 3. The fourth-order valence-electron chi connectivity index (χ4n) is 3.59. The van der Waals surface area contributed by atoms with Gasteiger partial charge >= 0.3 is 5.97 Å². The fourth-order valence-corrected chi connectivity index (χ4v) is 5.72. The van der Waals surface area contributed by atoms with E-state index in [1.807, 2.05) is 6.07 Å². The normalized spacial score (nSPS) is 11.7. The minimum Gasteiger partial charge on any atom is -0.481 e. The van der Waals surface area contributed by atoms with Gasteiger partial charge in [0.15, 0.2) is 0 Å². The van der Waals surface area contributed by atoms with Crippen LogP contribution in [0.15, 0.2) is 77.8 Å². The van der Waals surface area contributed by atoms with E-state index in [1.165, 1.54) is 30.5 Å². The molecule has 1 aromatic heterocycles. The van der Waals surface area contributed by atoms with Crippen molar-refractivity contribution in [1.29, 1.82) is 0 Å². The largest absolute Gasteiger partial charge is 0.481 e. The highest BCUT2D eigenvalue weighted by molar-refractivity contribution is 7.90. The predicted octanol–water partition coefficient (Wildman–Crippen LogP) is 5.36. The smallest absolute Gasteiger partial charge is 0.303 e. The Balaban J connectivity index is 1.96. The van der Waals surface area contributed by atoms with Gasteiger partial charge in [-0.25, -0.2) is 16.8 Å². The van der Waals surface area contributed by atoms with Gasteiger partial charge in [0.1, 0.15) is 10.7 Å². The van der Waals surface area contributed by atoms with Gasteiger partial charge in [-0.1, -0.05) is 54.1 Å². The van der Waals surface area contributed by atoms with Crippen LogP contribution in [0.4, 0.5) is 4.39 Å². The molecule has 0 aliphatic carbocycles. The molecular weight excluding hydrogens is 441 g/mol. The first-order chi connectivity index (χ1) is 14.8. The molecule has 4 aromatic rings. The number of carbonyl (C=O) groups is 1. The van der Waals surface area contributed by atoms with Crippen molar-refractivity contribution < 1.29 is 22.7 Å². The summed E-state index contributed by atoms with van der Waals surface area (Å²) in [7, 11) is -4.19. The van der Waals surface area contributed by atoms with Crippen molar-refractivity contribution in [3.63, 3.8) is 0 Å². The Kier molecular flexibility index (Phi) is 5.56. The second-order valence-corrected chi connectivity index (χ2v) is 9.15. The molecule has 4 rings (SSSR count). The summed E-state index contributed by atoms with van der Waals surface area (Å²) >= 11 is 6.37. The number of nitrogens with zero attached hydrogens (tertiary/aromatic N) is 1. The lowest BCUT2D eigenvalue weighted by molar-refractivity contribution is -0.136. The van der Waals surface area contributed by atoms with Crippen molar-refractivity contribution in [3.05, 3.63) is 89.3 Å². The SMILES string of the molecule is O=C(O)CCc1cn(S(=O)(=O)c2c(Cl)cccc2-c2ccccc2)c2ccc(F)cc12. The minimum absolute atomic E-state index is 0.0531. The summed E-state index contributed by atoms with van der Waals surface area (Å²) in [6.45, 7) is 0. The van der Waals surface area contributed by atoms with E-state index in [1.54, 1.807) is 36.4 Å². The second kappa shape index (κ2) is 8.17. The highest BCUT2D eigenvalue weighted by Gasteiger charge is 2.27. The van der Waals surface area contributed by atoms with Crippen molar-refractivity contribution >= 4 is 38.5 Å². The quantitative estimate of drug-likeness (QED) is 0.423. The first kappa shape index (κ1) is 21.1. The number of fused-ring (bicyclic) bond motifs is 1. The lowest BCUT2D eigenvalue weighted by atomic mass is 10.1. The molecule has 0 spiro atoms. The van der Waals surface area contributed by atoms with E-state index in [4.69, 9.17) is 16.7 Å². The molecule has 0 bridgehead atoms. The van der Waals surface area contributed by atoms with Crippen LogP contribution in [-0.4, -0.2) is 23.5 Å². The van der Waals surface area contributed by atoms with Crippen LogP contribution in [0.1, 0.15) is 12.0 Å². The monoisotopic (exact) mass is 457 g/mol. The molecule has 158 valence electrons. The number of carboxylic acids is 1. The summed E-state index contributed by atoms with van der Waals surface area (Å²) in [6.07, 6.45) is 1.20. The van der Waals surface area contributed by atoms with Crippen LogP contribution in [-0.2, 0) is 21.2 Å². The third-order valence-corrected chi connectivity index (χ3v) is 7.19. The molecule has 5 nitrogen and oxygen atoms in total. The van der Waals surface area contributed by atoms with E-state index in [0.29, 0.717) is 22.1 Å². The maximum Gasteiger partial charge on any atom is 0.303 e. The summed E-state index contributed by atoms with van der Waals surface area (Å²) in [5, 5.41) is 9.43. The molecule has 0 amide bonds. The van der Waals surface area contributed by atoms with Crippen molar-refractivity contribution in [2.45, 2.75) is 17.7 Å². The van der Waals surface area contributed by atoms with Gasteiger partial charge in [0.2, 0.25) is 0 Å². The Morgan fingerprint density at radius 2 is 1.77 bits per heavy atom. The number of rotatable bonds is 6. The Bertz CT molecular complexity index is 1400. The van der Waals surface area contributed by atoms with Crippen LogP contribution in [0.25, 0.3) is 22.0 Å². The molecule has 0 aliphatic heterocycles. The molecule has 1 N–H and O–H groups in total. The highest BCUT2D eigenvalue weighted by Crippen LogP contribution is 2.36. The van der Waals surface area contributed by atoms with Crippen molar-refractivity contribution in [3.8, 4) is 11.1 Å². The number of halogens is 2. The molecule has 8 heteroatoms. The van der Waals surface area contributed by atoms with E-state index in [9.17, 15) is 17.6 Å². The Labute approximate surface area is 183 Å². The van der Waals surface area contributed by atoms with Crippen molar-refractivity contribution in [2.24, 2.45) is 0 Å². The Morgan fingerprint density at radius 3 is 2.48 bits per heavy atom. The molecule has 3 aromatic carbocycles. The molecule has 0 atom stereocenters. The van der Waals surface area contributed by atoms with E-state index >= 15 is 0 Å². The van der Waals surface area contributed by atoms with Crippen LogP contribution in [0.3, 0.4) is 0 Å². The molecule has 0 radical (unpaired) electrons. The fraction of sp³-hybridized carbons (Fsp3) is 0.0870. The topological polar surface area (TPSA) is 76.4 Å². The van der Waals surface area contributed by atoms with E-state index in [0.717, 1.165) is 3.97 Å². The van der Waals surface area contributed by atoms with Gasteiger partial charge in [-0.15, -0.1) is 0 Å². The minimum atomic E-state index is -4.19. The molecule has 0 unspecified atom stereocenters. The number of aliphatic carboxylic acids is 1. The summed E-state index contributed by atoms with van der Waals surface area (Å²) in [5.41, 5.74) is 1.79. The van der Waals surface area contributed by atoms with Gasteiger partial charge < -0.3 is 5.11 Å². The Morgan fingerprint density at radius 1 is 1.03 bits per heavy atom. The average Bonchev–Trinajstić information content (AvgIpc) is 3.11. The summed E-state index contributed by atoms with van der Waals surface area (Å²) in [4.78, 5) is 11.0. The lowest BCUT2D eigenvalue weighted by Gasteiger charge is -2.14. The van der Waals surface area contributed by atoms with Gasteiger partial charge in [0, 0.05) is 23.6 Å². The Hall–Kier alpha value is -3.16. The van der Waals surface area contributed by atoms with E-state index < -0.39 is 21.8 Å². The molecule has 0 fully saturated rings. The second-order valence-electron chi connectivity index (χ2n) is 6.99. The summed E-state index contributed by atoms with van der Waals surface area (Å²) in [5.74, 6) is -1.57. The first-order valence-electron chi connectivity index (χ1n) is 9.40. The van der Waals surface area contributed by atoms with Crippen LogP contribution in [0.2, 0.25) is 5.02 Å². The first-order valence-corrected chi connectivity index (χ1v) is 11.2. The number of aryl methyl sites for hydroxylation is 1. The zero-order valence-electron chi connectivity index (χ0n) is 16.1. The third kappa shape index (κ3) is 3.94. The van der Waals surface area contributed by atoms with Crippen LogP contribution >= 0.6 is 11.6 Å². The zero-order chi connectivity index (χ0) is 22.2. The number of hydrogen-bond donors (Lipinski definition) is 1. The molecule has 0 aliphatic rings. The van der Waals surface area contributed by atoms with E-state index in [-0.39, 0.29) is 28.3 Å². The zero-order valence-corrected chi connectivity index (χ0v) is 17.7. The van der Waals surface area contributed by atoms with Crippen LogP contribution in [0.5, 0.6) is 0 Å².